The average molecular weight is 424 g/mol. The van der Waals surface area contributed by atoms with Gasteiger partial charge in [-0.2, -0.15) is 0 Å². The van der Waals surface area contributed by atoms with Crippen molar-refractivity contribution in [3.8, 4) is 0 Å². The minimum absolute atomic E-state index is 0.0135. The standard InChI is InChI=1S/C25H45NO4/c1-2-3-4-5-6-7-8-9-10-11-12-13-14-15-16-19-24(28)26-21-17-20-25(29)30-23-18-22-27/h9-10,21,27H,2-8,11-20,22-23H2,1H3/b10-9-,26-21?. The molecule has 0 aliphatic carbocycles. The van der Waals surface area contributed by atoms with E-state index < -0.39 is 0 Å². The Balaban J connectivity index is 3.38. The Bertz CT molecular complexity index is 460. The third kappa shape index (κ3) is 22.8. The number of aliphatic hydroxyl groups is 1. The van der Waals surface area contributed by atoms with E-state index in [9.17, 15) is 9.59 Å². The summed E-state index contributed by atoms with van der Waals surface area (Å²) in [7, 11) is 0. The molecule has 0 aromatic rings. The van der Waals surface area contributed by atoms with Crippen LogP contribution in [0.25, 0.3) is 0 Å². The normalized spacial score (nSPS) is 11.5. The molecule has 0 fully saturated rings. The highest BCUT2D eigenvalue weighted by Gasteiger charge is 2.02. The van der Waals surface area contributed by atoms with Crippen LogP contribution in [-0.2, 0) is 14.3 Å². The van der Waals surface area contributed by atoms with Gasteiger partial charge in [0.05, 0.1) is 13.0 Å². The summed E-state index contributed by atoms with van der Waals surface area (Å²) in [6.07, 6.45) is 23.9. The van der Waals surface area contributed by atoms with Gasteiger partial charge in [-0.25, -0.2) is 4.99 Å². The summed E-state index contributed by atoms with van der Waals surface area (Å²) in [4.78, 5) is 26.9. The number of allylic oxidation sites excluding steroid dienone is 2. The maximum absolute atomic E-state index is 11.7. The molecule has 0 saturated heterocycles. The maximum Gasteiger partial charge on any atom is 0.306 e. The van der Waals surface area contributed by atoms with Crippen LogP contribution in [0.4, 0.5) is 0 Å². The van der Waals surface area contributed by atoms with Gasteiger partial charge in [-0.15, -0.1) is 0 Å². The summed E-state index contributed by atoms with van der Waals surface area (Å²) in [6.45, 7) is 2.51. The number of aliphatic hydroxyl groups excluding tert-OH is 1. The van der Waals surface area contributed by atoms with Crippen molar-refractivity contribution in [2.24, 2.45) is 4.99 Å². The molecular formula is C25H45NO4. The number of aliphatic imine (C=N–C) groups is 1. The molecule has 5 nitrogen and oxygen atoms in total. The van der Waals surface area contributed by atoms with Gasteiger partial charge in [-0.05, 0) is 38.5 Å². The fourth-order valence-corrected chi connectivity index (χ4v) is 3.08. The van der Waals surface area contributed by atoms with Crippen LogP contribution in [-0.4, -0.2) is 36.4 Å². The van der Waals surface area contributed by atoms with E-state index >= 15 is 0 Å². The zero-order valence-electron chi connectivity index (χ0n) is 19.3. The number of rotatable bonds is 21. The zero-order valence-corrected chi connectivity index (χ0v) is 19.3. The topological polar surface area (TPSA) is 76.0 Å². The van der Waals surface area contributed by atoms with Crippen molar-refractivity contribution < 1.29 is 19.4 Å². The summed E-state index contributed by atoms with van der Waals surface area (Å²) in [5, 5.41) is 8.61. The van der Waals surface area contributed by atoms with Gasteiger partial charge in [0, 0.05) is 25.7 Å². The van der Waals surface area contributed by atoms with E-state index in [4.69, 9.17) is 9.84 Å². The van der Waals surface area contributed by atoms with Crippen LogP contribution in [0.3, 0.4) is 0 Å². The molecule has 0 aromatic carbocycles. The Labute approximate surface area is 184 Å². The van der Waals surface area contributed by atoms with Crippen molar-refractivity contribution in [1.82, 2.24) is 0 Å². The van der Waals surface area contributed by atoms with Crippen molar-refractivity contribution in [3.63, 3.8) is 0 Å². The van der Waals surface area contributed by atoms with Gasteiger partial charge in [-0.3, -0.25) is 9.59 Å². The number of carbonyl (C=O) groups excluding carboxylic acids is 2. The van der Waals surface area contributed by atoms with E-state index in [1.165, 1.54) is 76.8 Å². The summed E-state index contributed by atoms with van der Waals surface area (Å²) >= 11 is 0. The molecule has 1 N–H and O–H groups in total. The lowest BCUT2D eigenvalue weighted by Gasteiger charge is -2.01. The fraction of sp³-hybridized carbons (Fsp3) is 0.800. The maximum atomic E-state index is 11.7. The minimum Gasteiger partial charge on any atom is -0.466 e. The van der Waals surface area contributed by atoms with Crippen molar-refractivity contribution in [2.75, 3.05) is 13.2 Å². The molecule has 0 aliphatic rings. The molecule has 5 heteroatoms. The molecule has 1 amide bonds. The third-order valence-electron chi connectivity index (χ3n) is 4.93. The van der Waals surface area contributed by atoms with Crippen molar-refractivity contribution >= 4 is 18.1 Å². The van der Waals surface area contributed by atoms with Gasteiger partial charge in [-0.1, -0.05) is 70.4 Å². The number of nitrogens with zero attached hydrogens (tertiary/aromatic N) is 1. The molecule has 30 heavy (non-hydrogen) atoms. The average Bonchev–Trinajstić information content (AvgIpc) is 2.74. The molecule has 0 atom stereocenters. The molecular weight excluding hydrogens is 378 g/mol. The highest BCUT2D eigenvalue weighted by molar-refractivity contribution is 5.85. The van der Waals surface area contributed by atoms with E-state index in [0.717, 1.165) is 12.8 Å². The predicted molar refractivity (Wildman–Crippen MR) is 125 cm³/mol. The van der Waals surface area contributed by atoms with Crippen molar-refractivity contribution in [1.29, 1.82) is 0 Å². The molecule has 0 aliphatic heterocycles. The molecule has 0 heterocycles. The first-order valence-corrected chi connectivity index (χ1v) is 12.2. The van der Waals surface area contributed by atoms with E-state index in [1.807, 2.05) is 0 Å². The highest BCUT2D eigenvalue weighted by atomic mass is 16.5. The Kier molecular flexibility index (Phi) is 22.6. The Morgan fingerprint density at radius 1 is 0.767 bits per heavy atom. The molecule has 0 unspecified atom stereocenters. The van der Waals surface area contributed by atoms with E-state index in [1.54, 1.807) is 0 Å². The second-order valence-corrected chi connectivity index (χ2v) is 7.88. The van der Waals surface area contributed by atoms with Gasteiger partial charge in [0.1, 0.15) is 0 Å². The van der Waals surface area contributed by atoms with E-state index in [-0.39, 0.29) is 31.5 Å². The Morgan fingerprint density at radius 3 is 2.00 bits per heavy atom. The van der Waals surface area contributed by atoms with Crippen LogP contribution in [0.5, 0.6) is 0 Å². The first-order chi connectivity index (χ1) is 14.7. The summed E-state index contributed by atoms with van der Waals surface area (Å²) in [5.74, 6) is -0.430. The number of unbranched alkanes of at least 4 members (excludes halogenated alkanes) is 11. The van der Waals surface area contributed by atoms with Crippen LogP contribution >= 0.6 is 0 Å². The molecule has 0 bridgehead atoms. The van der Waals surface area contributed by atoms with Crippen LogP contribution in [0.15, 0.2) is 17.1 Å². The second kappa shape index (κ2) is 23.8. The van der Waals surface area contributed by atoms with E-state index in [2.05, 4.69) is 24.1 Å². The van der Waals surface area contributed by atoms with Crippen LogP contribution in [0.1, 0.15) is 116 Å². The number of ether oxygens (including phenoxy) is 1. The third-order valence-corrected chi connectivity index (χ3v) is 4.93. The number of hydrogen-bond acceptors (Lipinski definition) is 4. The van der Waals surface area contributed by atoms with Gasteiger partial charge >= 0.3 is 5.97 Å². The summed E-state index contributed by atoms with van der Waals surface area (Å²) < 4.78 is 4.90. The Morgan fingerprint density at radius 2 is 1.37 bits per heavy atom. The quantitative estimate of drug-likeness (QED) is 0.101. The first-order valence-electron chi connectivity index (χ1n) is 12.2. The van der Waals surface area contributed by atoms with Gasteiger partial charge < -0.3 is 9.84 Å². The lowest BCUT2D eigenvalue weighted by atomic mass is 10.1. The van der Waals surface area contributed by atoms with E-state index in [0.29, 0.717) is 19.3 Å². The number of amides is 1. The summed E-state index contributed by atoms with van der Waals surface area (Å²) in [5.41, 5.74) is 0. The van der Waals surface area contributed by atoms with Crippen molar-refractivity contribution in [3.05, 3.63) is 12.2 Å². The smallest absolute Gasteiger partial charge is 0.306 e. The fourth-order valence-electron chi connectivity index (χ4n) is 3.08. The SMILES string of the molecule is CCCCCCCC/C=C\CCCCCCCC(=O)N=CCCC(=O)OCCCO. The highest BCUT2D eigenvalue weighted by Crippen LogP contribution is 2.10. The number of hydrogen-bond donors (Lipinski definition) is 1. The van der Waals surface area contributed by atoms with Crippen molar-refractivity contribution in [2.45, 2.75) is 116 Å². The molecule has 174 valence electrons. The van der Waals surface area contributed by atoms with Gasteiger partial charge in [0.15, 0.2) is 0 Å². The number of esters is 1. The van der Waals surface area contributed by atoms with Crippen LogP contribution in [0, 0.1) is 0 Å². The Hall–Kier alpha value is -1.49. The lowest BCUT2D eigenvalue weighted by molar-refractivity contribution is -0.143. The molecule has 0 aromatic heterocycles. The number of carbonyl (C=O) groups is 2. The molecule has 0 radical (unpaired) electrons. The lowest BCUT2D eigenvalue weighted by Crippen LogP contribution is -2.07. The van der Waals surface area contributed by atoms with Gasteiger partial charge in [0.2, 0.25) is 5.91 Å². The van der Waals surface area contributed by atoms with Crippen LogP contribution in [0.2, 0.25) is 0 Å². The van der Waals surface area contributed by atoms with Gasteiger partial charge in [0.25, 0.3) is 0 Å². The second-order valence-electron chi connectivity index (χ2n) is 7.88. The zero-order chi connectivity index (χ0) is 22.1. The molecule has 0 saturated carbocycles. The van der Waals surface area contributed by atoms with Crippen LogP contribution < -0.4 is 0 Å². The molecule has 0 rings (SSSR count). The first kappa shape index (κ1) is 28.5. The minimum atomic E-state index is -0.320. The summed E-state index contributed by atoms with van der Waals surface area (Å²) in [6, 6.07) is 0. The molecule has 0 spiro atoms. The predicted octanol–water partition coefficient (Wildman–Crippen LogP) is 6.33. The monoisotopic (exact) mass is 423 g/mol. The largest absolute Gasteiger partial charge is 0.466 e.